The highest BCUT2D eigenvalue weighted by molar-refractivity contribution is 6.33. The normalized spacial score (nSPS) is 16.3. The van der Waals surface area contributed by atoms with E-state index < -0.39 is 5.97 Å². The number of rotatable bonds is 4. The van der Waals surface area contributed by atoms with Crippen molar-refractivity contribution >= 4 is 29.0 Å². The van der Waals surface area contributed by atoms with Gasteiger partial charge in [0.15, 0.2) is 0 Å². The number of aromatic carboxylic acids is 1. The van der Waals surface area contributed by atoms with Gasteiger partial charge in [0.25, 0.3) is 0 Å². The minimum absolute atomic E-state index is 0.00998. The molecule has 1 unspecified atom stereocenters. The first-order valence-corrected chi connectivity index (χ1v) is 9.01. The summed E-state index contributed by atoms with van der Waals surface area (Å²) in [5.41, 5.74) is 3.93. The molecule has 4 rings (SSSR count). The van der Waals surface area contributed by atoms with Crippen molar-refractivity contribution in [3.63, 3.8) is 0 Å². The van der Waals surface area contributed by atoms with Gasteiger partial charge in [-0.2, -0.15) is 5.10 Å². The Hall–Kier alpha value is -3.11. The molecule has 1 heterocycles. The Morgan fingerprint density at radius 1 is 1.00 bits per heavy atom. The van der Waals surface area contributed by atoms with E-state index in [1.807, 2.05) is 59.6 Å². The summed E-state index contributed by atoms with van der Waals surface area (Å²) < 4.78 is 0. The lowest BCUT2D eigenvalue weighted by Gasteiger charge is -2.24. The highest BCUT2D eigenvalue weighted by atomic mass is 35.5. The molecule has 134 valence electrons. The first-order chi connectivity index (χ1) is 13.1. The molecule has 4 nitrogen and oxygen atoms in total. The van der Waals surface area contributed by atoms with Crippen LogP contribution in [-0.2, 0) is 0 Å². The van der Waals surface area contributed by atoms with Crippen molar-refractivity contribution in [3.05, 3.63) is 101 Å². The summed E-state index contributed by atoms with van der Waals surface area (Å²) in [5, 5.41) is 16.3. The minimum atomic E-state index is -1.05. The maximum atomic E-state index is 11.5. The molecule has 1 aliphatic heterocycles. The molecule has 1 atom stereocenters. The smallest absolute Gasteiger partial charge is 0.337 e. The number of halogens is 1. The summed E-state index contributed by atoms with van der Waals surface area (Å²) in [7, 11) is 0. The molecule has 0 fully saturated rings. The van der Waals surface area contributed by atoms with Crippen molar-refractivity contribution in [3.8, 4) is 0 Å². The predicted molar refractivity (Wildman–Crippen MR) is 108 cm³/mol. The van der Waals surface area contributed by atoms with E-state index >= 15 is 0 Å². The molecule has 3 aromatic rings. The zero-order chi connectivity index (χ0) is 18.8. The third kappa shape index (κ3) is 3.44. The second-order valence-corrected chi connectivity index (χ2v) is 6.76. The third-order valence-corrected chi connectivity index (χ3v) is 4.98. The van der Waals surface area contributed by atoms with Gasteiger partial charge >= 0.3 is 5.97 Å². The van der Waals surface area contributed by atoms with Gasteiger partial charge in [-0.3, -0.25) is 5.01 Å². The molecule has 1 N–H and O–H groups in total. The van der Waals surface area contributed by atoms with Crippen LogP contribution in [0.3, 0.4) is 0 Å². The van der Waals surface area contributed by atoms with Crippen molar-refractivity contribution in [1.29, 1.82) is 0 Å². The quantitative estimate of drug-likeness (QED) is 0.663. The number of hydrogen-bond acceptors (Lipinski definition) is 3. The molecule has 1 aliphatic rings. The molecule has 0 bridgehead atoms. The van der Waals surface area contributed by atoms with Crippen LogP contribution in [0.2, 0.25) is 5.02 Å². The zero-order valence-electron chi connectivity index (χ0n) is 14.4. The first kappa shape index (κ1) is 17.3. The second-order valence-electron chi connectivity index (χ2n) is 6.36. The number of carbonyl (C=O) groups is 1. The van der Waals surface area contributed by atoms with E-state index in [9.17, 15) is 9.90 Å². The van der Waals surface area contributed by atoms with Gasteiger partial charge in [0.2, 0.25) is 0 Å². The van der Waals surface area contributed by atoms with E-state index in [2.05, 4.69) is 12.1 Å². The molecule has 0 saturated carbocycles. The number of carboxylic acids is 1. The van der Waals surface area contributed by atoms with Crippen LogP contribution in [0, 0.1) is 0 Å². The van der Waals surface area contributed by atoms with E-state index in [1.165, 1.54) is 0 Å². The zero-order valence-corrected chi connectivity index (χ0v) is 15.2. The monoisotopic (exact) mass is 376 g/mol. The first-order valence-electron chi connectivity index (χ1n) is 8.63. The van der Waals surface area contributed by atoms with Gasteiger partial charge in [-0.05, 0) is 29.3 Å². The average Bonchev–Trinajstić information content (AvgIpc) is 3.15. The summed E-state index contributed by atoms with van der Waals surface area (Å²) in [6.45, 7) is 0. The summed E-state index contributed by atoms with van der Waals surface area (Å²) >= 11 is 6.04. The van der Waals surface area contributed by atoms with Crippen LogP contribution in [0.5, 0.6) is 0 Å². The molecular formula is C22H17ClN2O2. The molecular weight excluding hydrogens is 360 g/mol. The van der Waals surface area contributed by atoms with Crippen molar-refractivity contribution in [2.24, 2.45) is 5.10 Å². The van der Waals surface area contributed by atoms with E-state index in [-0.39, 0.29) is 16.6 Å². The summed E-state index contributed by atoms with van der Waals surface area (Å²) in [4.78, 5) is 11.5. The molecule has 0 saturated heterocycles. The third-order valence-electron chi connectivity index (χ3n) is 4.65. The summed E-state index contributed by atoms with van der Waals surface area (Å²) in [6, 6.07) is 25.1. The van der Waals surface area contributed by atoms with Crippen molar-refractivity contribution < 1.29 is 9.90 Å². The lowest BCUT2D eigenvalue weighted by Crippen LogP contribution is -2.19. The second kappa shape index (κ2) is 7.25. The fourth-order valence-electron chi connectivity index (χ4n) is 3.31. The van der Waals surface area contributed by atoms with Crippen LogP contribution in [-0.4, -0.2) is 16.8 Å². The average molecular weight is 377 g/mol. The maximum absolute atomic E-state index is 11.5. The van der Waals surface area contributed by atoms with E-state index in [1.54, 1.807) is 12.1 Å². The summed E-state index contributed by atoms with van der Waals surface area (Å²) in [6.07, 6.45) is 0.735. The maximum Gasteiger partial charge on any atom is 0.337 e. The van der Waals surface area contributed by atoms with Crippen LogP contribution in [0.1, 0.15) is 33.9 Å². The Morgan fingerprint density at radius 3 is 2.33 bits per heavy atom. The fraction of sp³-hybridized carbons (Fsp3) is 0.0909. The molecule has 0 spiro atoms. The van der Waals surface area contributed by atoms with Crippen LogP contribution >= 0.6 is 11.6 Å². The van der Waals surface area contributed by atoms with Gasteiger partial charge < -0.3 is 5.11 Å². The Bertz CT molecular complexity index is 1000. The number of hydrogen-bond donors (Lipinski definition) is 1. The topological polar surface area (TPSA) is 52.9 Å². The van der Waals surface area contributed by atoms with Crippen LogP contribution < -0.4 is 5.01 Å². The fourth-order valence-corrected chi connectivity index (χ4v) is 3.51. The van der Waals surface area contributed by atoms with Gasteiger partial charge in [0.1, 0.15) is 0 Å². The van der Waals surface area contributed by atoms with Gasteiger partial charge in [-0.25, -0.2) is 4.79 Å². The highest BCUT2D eigenvalue weighted by Gasteiger charge is 2.30. The molecule has 5 heteroatoms. The van der Waals surface area contributed by atoms with E-state index in [4.69, 9.17) is 16.7 Å². The minimum Gasteiger partial charge on any atom is -0.478 e. The molecule has 27 heavy (non-hydrogen) atoms. The number of anilines is 1. The molecule has 0 aromatic heterocycles. The van der Waals surface area contributed by atoms with Crippen LogP contribution in [0.15, 0.2) is 84.0 Å². The number of carboxylic acid groups (broad SMARTS) is 1. The van der Waals surface area contributed by atoms with Gasteiger partial charge in [0, 0.05) is 6.42 Å². The Labute approximate surface area is 162 Å². The van der Waals surface area contributed by atoms with Gasteiger partial charge in [-0.1, -0.05) is 72.3 Å². The molecule has 0 amide bonds. The number of nitrogens with zero attached hydrogens (tertiary/aromatic N) is 2. The molecule has 0 aliphatic carbocycles. The van der Waals surface area contributed by atoms with E-state index in [0.717, 1.165) is 23.3 Å². The predicted octanol–water partition coefficient (Wildman–Crippen LogP) is 5.39. The Balaban J connectivity index is 1.79. The van der Waals surface area contributed by atoms with Crippen LogP contribution in [0.25, 0.3) is 0 Å². The number of benzene rings is 3. The standard InChI is InChI=1S/C22H17ClN2O2/c23-19-12-11-17(13-18(19)22(26)27)25-21(16-9-5-2-6-10-16)14-20(24-25)15-7-3-1-4-8-15/h1-13,21H,14H2,(H,26,27). The van der Waals surface area contributed by atoms with Crippen LogP contribution in [0.4, 0.5) is 5.69 Å². The Kier molecular flexibility index (Phi) is 4.65. The number of hydrazone groups is 1. The van der Waals surface area contributed by atoms with Gasteiger partial charge in [-0.15, -0.1) is 0 Å². The van der Waals surface area contributed by atoms with Crippen molar-refractivity contribution in [1.82, 2.24) is 0 Å². The Morgan fingerprint density at radius 2 is 1.67 bits per heavy atom. The lowest BCUT2D eigenvalue weighted by atomic mass is 9.98. The molecule has 0 radical (unpaired) electrons. The molecule has 3 aromatic carbocycles. The highest BCUT2D eigenvalue weighted by Crippen LogP contribution is 2.37. The summed E-state index contributed by atoms with van der Waals surface area (Å²) in [5.74, 6) is -1.05. The van der Waals surface area contributed by atoms with Gasteiger partial charge in [0.05, 0.1) is 28.0 Å². The van der Waals surface area contributed by atoms with Crippen molar-refractivity contribution in [2.75, 3.05) is 5.01 Å². The van der Waals surface area contributed by atoms with E-state index in [0.29, 0.717) is 5.69 Å². The lowest BCUT2D eigenvalue weighted by molar-refractivity contribution is 0.0697. The largest absolute Gasteiger partial charge is 0.478 e. The van der Waals surface area contributed by atoms with Crippen molar-refractivity contribution in [2.45, 2.75) is 12.5 Å². The SMILES string of the molecule is O=C(O)c1cc(N2N=C(c3ccccc3)CC2c2ccccc2)ccc1Cl.